The number of benzene rings is 2. The number of carbonyl (C=O) groups is 2. The molecule has 2 aromatic rings. The van der Waals surface area contributed by atoms with E-state index >= 15 is 0 Å². The number of alkyl halides is 1. The van der Waals surface area contributed by atoms with Crippen LogP contribution < -0.4 is 15.4 Å². The third kappa shape index (κ3) is 8.47. The summed E-state index contributed by atoms with van der Waals surface area (Å²) in [5, 5.41) is 15.6. The SMILES string of the molecule is CCC(Oc1ccc(C(C)(C)CC)cc1C(C)(C)CC)C(=O)Nc1cc(O)cc(NC(=O)CCC(C)F)c1. The number of phenolic OH excluding ortho intramolecular Hbond substituents is 1. The quantitative estimate of drug-likeness (QED) is 0.249. The molecule has 0 radical (unpaired) electrons. The average Bonchev–Trinajstić information content (AvgIpc) is 2.85. The van der Waals surface area contributed by atoms with E-state index in [4.69, 9.17) is 4.74 Å². The molecular formula is C31H45FN2O4. The Morgan fingerprint density at radius 3 is 2.11 bits per heavy atom. The summed E-state index contributed by atoms with van der Waals surface area (Å²) in [4.78, 5) is 25.3. The van der Waals surface area contributed by atoms with Gasteiger partial charge in [-0.25, -0.2) is 4.39 Å². The topological polar surface area (TPSA) is 87.7 Å². The smallest absolute Gasteiger partial charge is 0.265 e. The van der Waals surface area contributed by atoms with Crippen LogP contribution in [-0.4, -0.2) is 29.2 Å². The summed E-state index contributed by atoms with van der Waals surface area (Å²) in [6, 6.07) is 10.6. The van der Waals surface area contributed by atoms with Gasteiger partial charge < -0.3 is 20.5 Å². The molecule has 0 saturated carbocycles. The van der Waals surface area contributed by atoms with E-state index in [1.54, 1.807) is 6.07 Å². The van der Waals surface area contributed by atoms with Gasteiger partial charge in [0, 0.05) is 35.5 Å². The highest BCUT2D eigenvalue weighted by molar-refractivity contribution is 5.96. The lowest BCUT2D eigenvalue weighted by atomic mass is 9.76. The first-order valence-electron chi connectivity index (χ1n) is 13.6. The fourth-order valence-electron chi connectivity index (χ4n) is 3.98. The molecule has 0 aliphatic rings. The minimum absolute atomic E-state index is 0.0190. The molecule has 2 unspecified atom stereocenters. The molecule has 2 atom stereocenters. The van der Waals surface area contributed by atoms with Crippen molar-refractivity contribution in [2.45, 2.75) is 111 Å². The van der Waals surface area contributed by atoms with E-state index in [0.29, 0.717) is 23.5 Å². The maximum absolute atomic E-state index is 13.2. The summed E-state index contributed by atoms with van der Waals surface area (Å²) < 4.78 is 19.4. The molecule has 0 bridgehead atoms. The first-order valence-corrected chi connectivity index (χ1v) is 13.6. The summed E-state index contributed by atoms with van der Waals surface area (Å²) in [6.45, 7) is 16.4. The van der Waals surface area contributed by atoms with Gasteiger partial charge in [-0.3, -0.25) is 9.59 Å². The van der Waals surface area contributed by atoms with E-state index in [1.165, 1.54) is 24.6 Å². The molecule has 0 aromatic heterocycles. The molecule has 0 fully saturated rings. The Morgan fingerprint density at radius 1 is 0.947 bits per heavy atom. The van der Waals surface area contributed by atoms with Crippen LogP contribution in [0.15, 0.2) is 36.4 Å². The van der Waals surface area contributed by atoms with Gasteiger partial charge in [0.2, 0.25) is 5.91 Å². The van der Waals surface area contributed by atoms with Crippen molar-refractivity contribution in [2.24, 2.45) is 0 Å². The van der Waals surface area contributed by atoms with Crippen LogP contribution in [0.3, 0.4) is 0 Å². The highest BCUT2D eigenvalue weighted by Gasteiger charge is 2.29. The molecule has 0 saturated heterocycles. The highest BCUT2D eigenvalue weighted by atomic mass is 19.1. The molecule has 0 aliphatic heterocycles. The van der Waals surface area contributed by atoms with Crippen LogP contribution in [0, 0.1) is 0 Å². The summed E-state index contributed by atoms with van der Waals surface area (Å²) in [5.74, 6) is -0.166. The van der Waals surface area contributed by atoms with Crippen molar-refractivity contribution in [3.05, 3.63) is 47.5 Å². The lowest BCUT2D eigenvalue weighted by molar-refractivity contribution is -0.123. The second-order valence-corrected chi connectivity index (χ2v) is 11.3. The molecule has 38 heavy (non-hydrogen) atoms. The Balaban J connectivity index is 2.26. The second kappa shape index (κ2) is 13.1. The van der Waals surface area contributed by atoms with Gasteiger partial charge in [0.25, 0.3) is 5.91 Å². The molecule has 2 rings (SSSR count). The standard InChI is InChI=1S/C31H45FN2O4/c1-9-26(38-27-14-13-21(30(5,6)10-2)16-25(27)31(7,8)11-3)29(37)34-23-17-22(18-24(35)19-23)33-28(36)15-12-20(4)32/h13-14,16-20,26,35H,9-12,15H2,1-8H3,(H,33,36)(H,34,37). The zero-order valence-electron chi connectivity index (χ0n) is 24.2. The molecule has 210 valence electrons. The summed E-state index contributed by atoms with van der Waals surface area (Å²) in [7, 11) is 0. The van der Waals surface area contributed by atoms with E-state index < -0.39 is 12.3 Å². The van der Waals surface area contributed by atoms with Crippen molar-refractivity contribution in [1.82, 2.24) is 0 Å². The van der Waals surface area contributed by atoms with E-state index in [0.717, 1.165) is 18.4 Å². The number of halogens is 1. The molecule has 2 aromatic carbocycles. The predicted molar refractivity (Wildman–Crippen MR) is 153 cm³/mol. The highest BCUT2D eigenvalue weighted by Crippen LogP contribution is 2.39. The average molecular weight is 529 g/mol. The number of hydrogen-bond acceptors (Lipinski definition) is 4. The zero-order valence-corrected chi connectivity index (χ0v) is 24.2. The number of phenols is 1. The van der Waals surface area contributed by atoms with Gasteiger partial charge in [0.15, 0.2) is 6.10 Å². The van der Waals surface area contributed by atoms with Crippen molar-refractivity contribution < 1.29 is 23.8 Å². The van der Waals surface area contributed by atoms with Gasteiger partial charge in [-0.2, -0.15) is 0 Å². The summed E-state index contributed by atoms with van der Waals surface area (Å²) in [6.07, 6.45) is 0.624. The fourth-order valence-corrected chi connectivity index (χ4v) is 3.98. The van der Waals surface area contributed by atoms with Gasteiger partial charge >= 0.3 is 0 Å². The Labute approximate surface area is 227 Å². The minimum atomic E-state index is -1.08. The monoisotopic (exact) mass is 528 g/mol. The summed E-state index contributed by atoms with van der Waals surface area (Å²) >= 11 is 0. The maximum Gasteiger partial charge on any atom is 0.265 e. The van der Waals surface area contributed by atoms with E-state index in [9.17, 15) is 19.1 Å². The van der Waals surface area contributed by atoms with Crippen LogP contribution in [0.25, 0.3) is 0 Å². The van der Waals surface area contributed by atoms with Crippen LogP contribution in [0.4, 0.5) is 15.8 Å². The number of hydrogen-bond donors (Lipinski definition) is 3. The van der Waals surface area contributed by atoms with E-state index in [2.05, 4.69) is 64.3 Å². The molecular weight excluding hydrogens is 483 g/mol. The third-order valence-electron chi connectivity index (χ3n) is 7.43. The van der Waals surface area contributed by atoms with E-state index in [-0.39, 0.29) is 41.2 Å². The van der Waals surface area contributed by atoms with E-state index in [1.807, 2.05) is 13.0 Å². The lowest BCUT2D eigenvalue weighted by Crippen LogP contribution is -2.33. The number of amides is 2. The Hall–Kier alpha value is -3.09. The van der Waals surface area contributed by atoms with Crippen molar-refractivity contribution in [3.63, 3.8) is 0 Å². The third-order valence-corrected chi connectivity index (χ3v) is 7.43. The minimum Gasteiger partial charge on any atom is -0.508 e. The molecule has 6 nitrogen and oxygen atoms in total. The van der Waals surface area contributed by atoms with Gasteiger partial charge in [0.1, 0.15) is 11.5 Å². The van der Waals surface area contributed by atoms with Gasteiger partial charge in [-0.1, -0.05) is 60.6 Å². The molecule has 0 heterocycles. The lowest BCUT2D eigenvalue weighted by Gasteiger charge is -2.31. The van der Waals surface area contributed by atoms with Gasteiger partial charge in [-0.05, 0) is 61.1 Å². The number of carbonyl (C=O) groups excluding carboxylic acids is 2. The number of ether oxygens (including phenoxy) is 1. The number of rotatable bonds is 13. The van der Waals surface area contributed by atoms with Crippen molar-refractivity contribution in [2.75, 3.05) is 10.6 Å². The predicted octanol–water partition coefficient (Wildman–Crippen LogP) is 7.64. The molecule has 3 N–H and O–H groups in total. The van der Waals surface area contributed by atoms with Crippen LogP contribution >= 0.6 is 0 Å². The molecule has 0 aliphatic carbocycles. The Kier molecular flexibility index (Phi) is 10.7. The fraction of sp³-hybridized carbons (Fsp3) is 0.548. The maximum atomic E-state index is 13.2. The number of anilines is 2. The summed E-state index contributed by atoms with van der Waals surface area (Å²) in [5.41, 5.74) is 2.80. The van der Waals surface area contributed by atoms with Crippen LogP contribution in [0.1, 0.15) is 98.6 Å². The molecule has 2 amide bonds. The van der Waals surface area contributed by atoms with Crippen molar-refractivity contribution >= 4 is 23.2 Å². The largest absolute Gasteiger partial charge is 0.508 e. The molecule has 7 heteroatoms. The number of aromatic hydroxyl groups is 1. The first kappa shape index (κ1) is 31.1. The molecule has 0 spiro atoms. The second-order valence-electron chi connectivity index (χ2n) is 11.3. The van der Waals surface area contributed by atoms with Gasteiger partial charge in [0.05, 0.1) is 6.17 Å². The first-order chi connectivity index (χ1) is 17.7. The van der Waals surface area contributed by atoms with Gasteiger partial charge in [-0.15, -0.1) is 0 Å². The Morgan fingerprint density at radius 2 is 1.55 bits per heavy atom. The van der Waals surface area contributed by atoms with Crippen molar-refractivity contribution in [1.29, 1.82) is 0 Å². The number of nitrogens with one attached hydrogen (secondary N) is 2. The van der Waals surface area contributed by atoms with Crippen LogP contribution in [0.5, 0.6) is 11.5 Å². The zero-order chi connectivity index (χ0) is 28.7. The van der Waals surface area contributed by atoms with Crippen LogP contribution in [-0.2, 0) is 20.4 Å². The van der Waals surface area contributed by atoms with Crippen LogP contribution in [0.2, 0.25) is 0 Å². The Bertz CT molecular complexity index is 1110. The normalized spacial score (nSPS) is 13.5. The van der Waals surface area contributed by atoms with Crippen molar-refractivity contribution in [3.8, 4) is 11.5 Å².